The molecule has 1 saturated heterocycles. The molecule has 106 valence electrons. The maximum atomic E-state index is 6.37. The number of nitrogens with zero attached hydrogens (tertiary/aromatic N) is 1. The standard InChI is InChI=1S/C15H30N2S/c1-12(2)13-4-5-15(16)14(10-13)11-17-6-3-8-18-9-7-17/h12-15H,3-11,16H2,1-2H3. The Morgan fingerprint density at radius 3 is 2.83 bits per heavy atom. The minimum atomic E-state index is 0.455. The average molecular weight is 270 g/mol. The van der Waals surface area contributed by atoms with Crippen LogP contribution in [-0.2, 0) is 0 Å². The molecule has 0 spiro atoms. The molecule has 1 aliphatic carbocycles. The molecule has 1 heterocycles. The molecule has 3 atom stereocenters. The molecule has 0 amide bonds. The molecule has 2 aliphatic rings. The average Bonchev–Trinajstić information content (AvgIpc) is 2.60. The van der Waals surface area contributed by atoms with Crippen molar-refractivity contribution in [1.29, 1.82) is 0 Å². The summed E-state index contributed by atoms with van der Waals surface area (Å²) in [4.78, 5) is 2.67. The van der Waals surface area contributed by atoms with E-state index in [0.717, 1.165) is 17.8 Å². The second-order valence-electron chi connectivity index (χ2n) is 6.51. The van der Waals surface area contributed by atoms with Crippen LogP contribution in [0.4, 0.5) is 0 Å². The first kappa shape index (κ1) is 14.7. The second kappa shape index (κ2) is 7.16. The highest BCUT2D eigenvalue weighted by Crippen LogP contribution is 2.33. The van der Waals surface area contributed by atoms with E-state index in [0.29, 0.717) is 6.04 Å². The van der Waals surface area contributed by atoms with Crippen molar-refractivity contribution in [2.75, 3.05) is 31.1 Å². The van der Waals surface area contributed by atoms with Crippen molar-refractivity contribution in [3.05, 3.63) is 0 Å². The molecular weight excluding hydrogens is 240 g/mol. The summed E-state index contributed by atoms with van der Waals surface area (Å²) in [6, 6.07) is 0.455. The van der Waals surface area contributed by atoms with Crippen LogP contribution in [0, 0.1) is 17.8 Å². The highest BCUT2D eigenvalue weighted by Gasteiger charge is 2.30. The van der Waals surface area contributed by atoms with Crippen LogP contribution in [0.15, 0.2) is 0 Å². The van der Waals surface area contributed by atoms with Gasteiger partial charge in [-0.25, -0.2) is 0 Å². The lowest BCUT2D eigenvalue weighted by Gasteiger charge is -2.38. The summed E-state index contributed by atoms with van der Waals surface area (Å²) in [5.41, 5.74) is 6.37. The van der Waals surface area contributed by atoms with Crippen LogP contribution < -0.4 is 5.73 Å². The van der Waals surface area contributed by atoms with Crippen LogP contribution in [-0.4, -0.2) is 42.1 Å². The van der Waals surface area contributed by atoms with E-state index in [-0.39, 0.29) is 0 Å². The van der Waals surface area contributed by atoms with Crippen molar-refractivity contribution >= 4 is 11.8 Å². The third-order valence-corrected chi connectivity index (χ3v) is 5.88. The van der Waals surface area contributed by atoms with Gasteiger partial charge in [-0.3, -0.25) is 0 Å². The van der Waals surface area contributed by atoms with Gasteiger partial charge in [0.1, 0.15) is 0 Å². The fourth-order valence-electron chi connectivity index (χ4n) is 3.45. The monoisotopic (exact) mass is 270 g/mol. The van der Waals surface area contributed by atoms with Crippen LogP contribution in [0.25, 0.3) is 0 Å². The molecule has 3 unspecified atom stereocenters. The smallest absolute Gasteiger partial charge is 0.00795 e. The summed E-state index contributed by atoms with van der Waals surface area (Å²) in [6.45, 7) is 8.58. The van der Waals surface area contributed by atoms with Gasteiger partial charge in [0.15, 0.2) is 0 Å². The van der Waals surface area contributed by atoms with Gasteiger partial charge in [0.05, 0.1) is 0 Å². The fourth-order valence-corrected chi connectivity index (χ4v) is 4.38. The number of thioether (sulfide) groups is 1. The highest BCUT2D eigenvalue weighted by molar-refractivity contribution is 7.99. The van der Waals surface area contributed by atoms with Crippen molar-refractivity contribution < 1.29 is 0 Å². The van der Waals surface area contributed by atoms with E-state index in [1.165, 1.54) is 56.8 Å². The van der Waals surface area contributed by atoms with Gasteiger partial charge < -0.3 is 10.6 Å². The van der Waals surface area contributed by atoms with Gasteiger partial charge in [-0.15, -0.1) is 0 Å². The Hall–Kier alpha value is 0.270. The van der Waals surface area contributed by atoms with Gasteiger partial charge >= 0.3 is 0 Å². The van der Waals surface area contributed by atoms with Crippen molar-refractivity contribution in [3.63, 3.8) is 0 Å². The van der Waals surface area contributed by atoms with Crippen LogP contribution in [0.3, 0.4) is 0 Å². The Morgan fingerprint density at radius 1 is 1.22 bits per heavy atom. The third kappa shape index (κ3) is 4.14. The van der Waals surface area contributed by atoms with Crippen molar-refractivity contribution in [1.82, 2.24) is 4.90 Å². The third-order valence-electron chi connectivity index (χ3n) is 4.83. The van der Waals surface area contributed by atoms with Gasteiger partial charge in [-0.2, -0.15) is 11.8 Å². The Labute approximate surface area is 117 Å². The minimum absolute atomic E-state index is 0.455. The summed E-state index contributed by atoms with van der Waals surface area (Å²) >= 11 is 2.11. The lowest BCUT2D eigenvalue weighted by molar-refractivity contribution is 0.141. The zero-order valence-corrected chi connectivity index (χ0v) is 12.9. The first-order chi connectivity index (χ1) is 8.66. The molecule has 2 N–H and O–H groups in total. The SMILES string of the molecule is CC(C)C1CCC(N)C(CN2CCCSCC2)C1. The maximum absolute atomic E-state index is 6.37. The Morgan fingerprint density at radius 2 is 2.06 bits per heavy atom. The largest absolute Gasteiger partial charge is 0.327 e. The normalized spacial score (nSPS) is 35.7. The van der Waals surface area contributed by atoms with Gasteiger partial charge in [0.25, 0.3) is 0 Å². The van der Waals surface area contributed by atoms with Crippen LogP contribution in [0.5, 0.6) is 0 Å². The van der Waals surface area contributed by atoms with Crippen LogP contribution >= 0.6 is 11.8 Å². The fraction of sp³-hybridized carbons (Fsp3) is 1.00. The lowest BCUT2D eigenvalue weighted by Crippen LogP contribution is -2.44. The quantitative estimate of drug-likeness (QED) is 0.855. The van der Waals surface area contributed by atoms with E-state index in [9.17, 15) is 0 Å². The molecule has 2 nitrogen and oxygen atoms in total. The van der Waals surface area contributed by atoms with E-state index in [2.05, 4.69) is 30.5 Å². The van der Waals surface area contributed by atoms with Crippen LogP contribution in [0.1, 0.15) is 39.5 Å². The van der Waals surface area contributed by atoms with Gasteiger partial charge in [0.2, 0.25) is 0 Å². The molecule has 1 aliphatic heterocycles. The predicted octanol–water partition coefficient (Wildman–Crippen LogP) is 2.82. The van der Waals surface area contributed by atoms with E-state index in [1.54, 1.807) is 0 Å². The molecule has 0 radical (unpaired) electrons. The molecule has 1 saturated carbocycles. The van der Waals surface area contributed by atoms with E-state index in [4.69, 9.17) is 5.73 Å². The molecule has 0 aromatic rings. The number of nitrogens with two attached hydrogens (primary N) is 1. The topological polar surface area (TPSA) is 29.3 Å². The van der Waals surface area contributed by atoms with Crippen molar-refractivity contribution in [2.45, 2.75) is 45.6 Å². The Balaban J connectivity index is 1.85. The van der Waals surface area contributed by atoms with Gasteiger partial charge in [-0.05, 0) is 55.7 Å². The lowest BCUT2D eigenvalue weighted by atomic mass is 9.73. The molecule has 0 aromatic heterocycles. The number of hydrogen-bond acceptors (Lipinski definition) is 3. The van der Waals surface area contributed by atoms with E-state index < -0.39 is 0 Å². The predicted molar refractivity (Wildman–Crippen MR) is 82.0 cm³/mol. The highest BCUT2D eigenvalue weighted by atomic mass is 32.2. The van der Waals surface area contributed by atoms with E-state index >= 15 is 0 Å². The van der Waals surface area contributed by atoms with Crippen molar-refractivity contribution in [3.8, 4) is 0 Å². The van der Waals surface area contributed by atoms with Crippen molar-refractivity contribution in [2.24, 2.45) is 23.5 Å². The second-order valence-corrected chi connectivity index (χ2v) is 7.73. The Kier molecular flexibility index (Phi) is 5.84. The molecule has 0 aromatic carbocycles. The van der Waals surface area contributed by atoms with Gasteiger partial charge in [0, 0.05) is 24.9 Å². The Bertz CT molecular complexity index is 237. The van der Waals surface area contributed by atoms with E-state index in [1.807, 2.05) is 0 Å². The molecular formula is C15H30N2S. The summed E-state index contributed by atoms with van der Waals surface area (Å²) < 4.78 is 0. The minimum Gasteiger partial charge on any atom is -0.327 e. The summed E-state index contributed by atoms with van der Waals surface area (Å²) in [7, 11) is 0. The number of hydrogen-bond donors (Lipinski definition) is 1. The molecule has 18 heavy (non-hydrogen) atoms. The first-order valence-electron chi connectivity index (χ1n) is 7.72. The maximum Gasteiger partial charge on any atom is 0.00795 e. The molecule has 0 bridgehead atoms. The zero-order chi connectivity index (χ0) is 13.0. The summed E-state index contributed by atoms with van der Waals surface area (Å²) in [5.74, 6) is 5.15. The molecule has 2 fully saturated rings. The zero-order valence-electron chi connectivity index (χ0n) is 12.1. The summed E-state index contributed by atoms with van der Waals surface area (Å²) in [6.07, 6.45) is 5.32. The number of rotatable bonds is 3. The van der Waals surface area contributed by atoms with Gasteiger partial charge in [-0.1, -0.05) is 13.8 Å². The molecule has 2 rings (SSSR count). The van der Waals surface area contributed by atoms with Crippen LogP contribution in [0.2, 0.25) is 0 Å². The summed E-state index contributed by atoms with van der Waals surface area (Å²) in [5, 5.41) is 0. The molecule has 3 heteroatoms. The first-order valence-corrected chi connectivity index (χ1v) is 8.88.